The first-order valence-electron chi connectivity index (χ1n) is 9.44. The van der Waals surface area contributed by atoms with Crippen LogP contribution in [0, 0.1) is 10.1 Å². The number of benzene rings is 1. The SMILES string of the molecule is C[n+]1[nH]cc([N+](=O)[O-])c1C(=O)Nc1nc2ccccc2n1CC[NH+]1CCOCC1. The van der Waals surface area contributed by atoms with Crippen molar-refractivity contribution >= 4 is 28.6 Å². The lowest BCUT2D eigenvalue weighted by molar-refractivity contribution is -0.908. The maximum atomic E-state index is 12.8. The van der Waals surface area contributed by atoms with Crippen molar-refractivity contribution in [2.45, 2.75) is 6.54 Å². The van der Waals surface area contributed by atoms with E-state index in [2.05, 4.69) is 15.4 Å². The molecular weight excluding hydrogens is 378 g/mol. The number of hydrogen-bond acceptors (Lipinski definition) is 5. The third kappa shape index (κ3) is 3.82. The molecule has 1 aromatic carbocycles. The van der Waals surface area contributed by atoms with Gasteiger partial charge in [-0.25, -0.2) is 4.98 Å². The minimum atomic E-state index is -0.587. The summed E-state index contributed by atoms with van der Waals surface area (Å²) in [6.07, 6.45) is 1.19. The Bertz CT molecular complexity index is 1050. The lowest BCUT2D eigenvalue weighted by Gasteiger charge is -2.24. The van der Waals surface area contributed by atoms with Gasteiger partial charge in [-0.05, 0) is 12.1 Å². The molecule has 2 aromatic heterocycles. The van der Waals surface area contributed by atoms with Crippen molar-refractivity contribution in [3.8, 4) is 0 Å². The quantitative estimate of drug-likeness (QED) is 0.285. The van der Waals surface area contributed by atoms with Crippen LogP contribution in [-0.2, 0) is 18.3 Å². The highest BCUT2D eigenvalue weighted by atomic mass is 16.6. The number of anilines is 1. The molecule has 1 aliphatic heterocycles. The van der Waals surface area contributed by atoms with Crippen LogP contribution in [0.4, 0.5) is 11.6 Å². The number of nitro groups is 1. The molecule has 29 heavy (non-hydrogen) atoms. The molecule has 11 heteroatoms. The van der Waals surface area contributed by atoms with Crippen LogP contribution >= 0.6 is 0 Å². The van der Waals surface area contributed by atoms with Gasteiger partial charge in [0.25, 0.3) is 0 Å². The third-order valence-electron chi connectivity index (χ3n) is 5.15. The Hall–Kier alpha value is -3.31. The number of nitrogens with one attached hydrogen (secondary N) is 3. The molecule has 0 atom stereocenters. The van der Waals surface area contributed by atoms with E-state index in [1.54, 1.807) is 7.05 Å². The molecular formula is C18H23N7O4+2. The molecule has 11 nitrogen and oxygen atoms in total. The van der Waals surface area contributed by atoms with E-state index in [4.69, 9.17) is 4.74 Å². The predicted molar refractivity (Wildman–Crippen MR) is 103 cm³/mol. The van der Waals surface area contributed by atoms with E-state index in [9.17, 15) is 14.9 Å². The second-order valence-electron chi connectivity index (χ2n) is 6.97. The molecule has 4 rings (SSSR count). The van der Waals surface area contributed by atoms with Crippen LogP contribution in [0.5, 0.6) is 0 Å². The first-order chi connectivity index (χ1) is 14.0. The zero-order chi connectivity index (χ0) is 20.4. The van der Waals surface area contributed by atoms with Gasteiger partial charge in [-0.2, -0.15) is 5.10 Å². The number of aromatic amines is 1. The van der Waals surface area contributed by atoms with Crippen molar-refractivity contribution in [2.24, 2.45) is 7.05 Å². The zero-order valence-electron chi connectivity index (χ0n) is 16.1. The highest BCUT2D eigenvalue weighted by molar-refractivity contribution is 6.04. The number of quaternary nitrogens is 1. The summed E-state index contributed by atoms with van der Waals surface area (Å²) in [6, 6.07) is 7.63. The minimum absolute atomic E-state index is 0.0626. The normalized spacial score (nSPS) is 14.9. The first kappa shape index (κ1) is 19.0. The number of carbonyl (C=O) groups is 1. The van der Waals surface area contributed by atoms with Crippen LogP contribution in [0.2, 0.25) is 0 Å². The fraction of sp³-hybridized carbons (Fsp3) is 0.389. The number of H-pyrrole nitrogens is 1. The molecule has 3 heterocycles. The van der Waals surface area contributed by atoms with E-state index in [0.29, 0.717) is 12.5 Å². The second kappa shape index (κ2) is 7.97. The summed E-state index contributed by atoms with van der Waals surface area (Å²) in [5, 5.41) is 16.7. The molecule has 3 N–H and O–H groups in total. The average Bonchev–Trinajstić information content (AvgIpc) is 3.27. The molecule has 0 saturated carbocycles. The predicted octanol–water partition coefficient (Wildman–Crippen LogP) is -0.735. The summed E-state index contributed by atoms with van der Waals surface area (Å²) >= 11 is 0. The average molecular weight is 401 g/mol. The van der Waals surface area contributed by atoms with Crippen LogP contribution in [-0.4, -0.2) is 58.3 Å². The van der Waals surface area contributed by atoms with Crippen molar-refractivity contribution in [1.29, 1.82) is 0 Å². The molecule has 152 valence electrons. The topological polar surface area (TPSA) is 123 Å². The number of morpholine rings is 1. The van der Waals surface area contributed by atoms with E-state index in [1.807, 2.05) is 28.8 Å². The molecule has 1 amide bonds. The number of carbonyl (C=O) groups excluding carboxylic acids is 1. The Morgan fingerprint density at radius 1 is 1.41 bits per heavy atom. The summed E-state index contributed by atoms with van der Waals surface area (Å²) in [5.41, 5.74) is 1.31. The lowest BCUT2D eigenvalue weighted by Crippen LogP contribution is -3.14. The number of imidazole rings is 1. The molecule has 1 fully saturated rings. The summed E-state index contributed by atoms with van der Waals surface area (Å²) in [5.74, 6) is -0.213. The van der Waals surface area contributed by atoms with Gasteiger partial charge in [-0.1, -0.05) is 12.1 Å². The van der Waals surface area contributed by atoms with Gasteiger partial charge in [0.15, 0.2) is 7.05 Å². The summed E-state index contributed by atoms with van der Waals surface area (Å²) < 4.78 is 8.68. The smallest absolute Gasteiger partial charge is 0.370 e. The summed E-state index contributed by atoms with van der Waals surface area (Å²) in [6.45, 7) is 4.91. The first-order valence-corrected chi connectivity index (χ1v) is 9.44. The number of para-hydroxylation sites is 2. The molecule has 0 spiro atoms. The molecule has 0 bridgehead atoms. The van der Waals surface area contributed by atoms with E-state index >= 15 is 0 Å². The van der Waals surface area contributed by atoms with Gasteiger partial charge < -0.3 is 14.2 Å². The van der Waals surface area contributed by atoms with Crippen molar-refractivity contribution < 1.29 is 24.0 Å². The largest absolute Gasteiger partial charge is 0.373 e. The van der Waals surface area contributed by atoms with Crippen molar-refractivity contribution in [2.75, 3.05) is 38.2 Å². The molecule has 0 unspecified atom stereocenters. The van der Waals surface area contributed by atoms with Gasteiger partial charge in [0.05, 0.1) is 42.3 Å². The fourth-order valence-electron chi connectivity index (χ4n) is 3.61. The van der Waals surface area contributed by atoms with Gasteiger partial charge in [0.1, 0.15) is 19.3 Å². The van der Waals surface area contributed by atoms with Gasteiger partial charge in [0.2, 0.25) is 5.95 Å². The van der Waals surface area contributed by atoms with Gasteiger partial charge in [-0.3, -0.25) is 20.2 Å². The fourth-order valence-corrected chi connectivity index (χ4v) is 3.61. The zero-order valence-corrected chi connectivity index (χ0v) is 16.1. The van der Waals surface area contributed by atoms with E-state index < -0.39 is 10.8 Å². The van der Waals surface area contributed by atoms with E-state index in [-0.39, 0.29) is 11.4 Å². The minimum Gasteiger partial charge on any atom is -0.370 e. The molecule has 3 aromatic rings. The highest BCUT2D eigenvalue weighted by Gasteiger charge is 2.34. The van der Waals surface area contributed by atoms with Crippen LogP contribution in [0.1, 0.15) is 10.5 Å². The molecule has 1 aliphatic rings. The molecule has 0 radical (unpaired) electrons. The third-order valence-corrected chi connectivity index (χ3v) is 5.15. The van der Waals surface area contributed by atoms with Crippen LogP contribution in [0.3, 0.4) is 0 Å². The van der Waals surface area contributed by atoms with Crippen LogP contribution in [0.15, 0.2) is 30.5 Å². The number of ether oxygens (including phenoxy) is 1. The van der Waals surface area contributed by atoms with Crippen molar-refractivity contribution in [3.05, 3.63) is 46.3 Å². The summed E-state index contributed by atoms with van der Waals surface area (Å²) in [7, 11) is 1.55. The lowest BCUT2D eigenvalue weighted by atomic mass is 10.3. The number of hydrogen-bond donors (Lipinski definition) is 3. The number of aryl methyl sites for hydroxylation is 1. The molecule has 0 aliphatic carbocycles. The number of rotatable bonds is 6. The van der Waals surface area contributed by atoms with Crippen molar-refractivity contribution in [1.82, 2.24) is 14.6 Å². The monoisotopic (exact) mass is 401 g/mol. The standard InChI is InChI=1S/C18H21N7O4/c1-22-16(15(12-19-22)25(27)28)17(26)21-18-20-13-4-2-3-5-14(13)24(18)7-6-23-8-10-29-11-9-23/h2-5,12H,6-11H2,1H3,(H,20,21,26)/p+2. The van der Waals surface area contributed by atoms with Gasteiger partial charge in [-0.15, -0.1) is 4.68 Å². The maximum Gasteiger partial charge on any atom is 0.373 e. The Kier molecular flexibility index (Phi) is 5.23. The number of fused-ring (bicyclic) bond motifs is 1. The van der Waals surface area contributed by atoms with Gasteiger partial charge in [0, 0.05) is 0 Å². The van der Waals surface area contributed by atoms with Crippen molar-refractivity contribution in [3.63, 3.8) is 0 Å². The number of aromatic nitrogens is 4. The highest BCUT2D eigenvalue weighted by Crippen LogP contribution is 2.21. The number of amides is 1. The maximum absolute atomic E-state index is 12.8. The number of nitrogens with zero attached hydrogens (tertiary/aromatic N) is 4. The molecule has 1 saturated heterocycles. The van der Waals surface area contributed by atoms with E-state index in [0.717, 1.165) is 43.9 Å². The van der Waals surface area contributed by atoms with Gasteiger partial charge >= 0.3 is 17.3 Å². The van der Waals surface area contributed by atoms with E-state index in [1.165, 1.54) is 15.8 Å². The van der Waals surface area contributed by atoms with Crippen LogP contribution in [0.25, 0.3) is 11.0 Å². The Morgan fingerprint density at radius 3 is 2.93 bits per heavy atom. The Balaban J connectivity index is 1.62. The Morgan fingerprint density at radius 2 is 2.17 bits per heavy atom. The van der Waals surface area contributed by atoms with Crippen LogP contribution < -0.4 is 14.9 Å². The summed E-state index contributed by atoms with van der Waals surface area (Å²) in [4.78, 5) is 29.4. The Labute approximate surface area is 166 Å². The second-order valence-corrected chi connectivity index (χ2v) is 6.97.